The van der Waals surface area contributed by atoms with Gasteiger partial charge in [-0.1, -0.05) is 35.8 Å². The van der Waals surface area contributed by atoms with Crippen LogP contribution in [0.3, 0.4) is 0 Å². The van der Waals surface area contributed by atoms with Gasteiger partial charge in [-0.05, 0) is 35.2 Å². The quantitative estimate of drug-likeness (QED) is 0.674. The first kappa shape index (κ1) is 16.1. The fraction of sp³-hybridized carbons (Fsp3) is 0.263. The zero-order valence-electron chi connectivity index (χ0n) is 14.0. The molecule has 6 heteroatoms. The van der Waals surface area contributed by atoms with Crippen molar-refractivity contribution in [1.29, 1.82) is 0 Å². The summed E-state index contributed by atoms with van der Waals surface area (Å²) in [6.45, 7) is 5.24. The number of nitrogens with zero attached hydrogens (tertiary/aromatic N) is 2. The molecule has 0 radical (unpaired) electrons. The summed E-state index contributed by atoms with van der Waals surface area (Å²) in [4.78, 5) is 14.7. The molecule has 1 aliphatic rings. The topological polar surface area (TPSA) is 69.2 Å². The lowest BCUT2D eigenvalue weighted by atomic mass is 10.0. The number of phenols is 1. The number of aromatic nitrogens is 2. The van der Waals surface area contributed by atoms with Gasteiger partial charge in [0.1, 0.15) is 5.75 Å². The highest BCUT2D eigenvalue weighted by Crippen LogP contribution is 2.32. The molecule has 2 N–H and O–H groups in total. The molecule has 0 fully saturated rings. The van der Waals surface area contributed by atoms with Gasteiger partial charge in [0.05, 0.1) is 11.1 Å². The molecule has 1 aromatic heterocycles. The second-order valence-corrected chi connectivity index (χ2v) is 7.67. The highest BCUT2D eigenvalue weighted by molar-refractivity contribution is 9.10. The number of H-pyrrole nitrogens is 1. The lowest BCUT2D eigenvalue weighted by molar-refractivity contribution is 0.0748. The smallest absolute Gasteiger partial charge is 0.258 e. The van der Waals surface area contributed by atoms with Crippen molar-refractivity contribution < 1.29 is 9.90 Å². The molecule has 1 amide bonds. The molecule has 2 aromatic carbocycles. The molecule has 0 saturated carbocycles. The Morgan fingerprint density at radius 1 is 1.24 bits per heavy atom. The van der Waals surface area contributed by atoms with Crippen molar-refractivity contribution in [3.63, 3.8) is 0 Å². The molecule has 0 unspecified atom stereocenters. The number of aromatic amines is 1. The van der Waals surface area contributed by atoms with Crippen LogP contribution in [0.1, 0.15) is 46.9 Å². The van der Waals surface area contributed by atoms with E-state index in [0.717, 1.165) is 26.7 Å². The molecule has 0 aliphatic carbocycles. The fourth-order valence-electron chi connectivity index (χ4n) is 3.35. The van der Waals surface area contributed by atoms with E-state index in [0.29, 0.717) is 24.2 Å². The molecule has 0 atom stereocenters. The first-order valence-corrected chi connectivity index (χ1v) is 9.01. The van der Waals surface area contributed by atoms with Gasteiger partial charge >= 0.3 is 0 Å². The number of nitrogens with one attached hydrogen (secondary N) is 1. The predicted octanol–water partition coefficient (Wildman–Crippen LogP) is 4.31. The minimum absolute atomic E-state index is 0.0311. The van der Waals surface area contributed by atoms with E-state index in [2.05, 4.69) is 40.0 Å². The maximum atomic E-state index is 13.0. The summed E-state index contributed by atoms with van der Waals surface area (Å²) >= 11 is 3.47. The van der Waals surface area contributed by atoms with Crippen LogP contribution in [0, 0.1) is 0 Å². The lowest BCUT2D eigenvalue weighted by Gasteiger charge is -2.16. The van der Waals surface area contributed by atoms with Gasteiger partial charge in [-0.25, -0.2) is 0 Å². The van der Waals surface area contributed by atoms with Crippen molar-refractivity contribution in [2.75, 3.05) is 0 Å². The van der Waals surface area contributed by atoms with E-state index in [1.165, 1.54) is 0 Å². The van der Waals surface area contributed by atoms with Crippen molar-refractivity contribution >= 4 is 32.7 Å². The Bertz CT molecular complexity index is 994. The molecule has 1 aliphatic heterocycles. The Labute approximate surface area is 153 Å². The molecule has 2 heterocycles. The zero-order chi connectivity index (χ0) is 17.7. The average Bonchev–Trinajstić information content (AvgIpc) is 3.16. The third-order valence-electron chi connectivity index (χ3n) is 4.69. The van der Waals surface area contributed by atoms with Gasteiger partial charge in [-0.3, -0.25) is 9.89 Å². The summed E-state index contributed by atoms with van der Waals surface area (Å²) < 4.78 is 1.00. The van der Waals surface area contributed by atoms with Crippen LogP contribution in [0.4, 0.5) is 0 Å². The van der Waals surface area contributed by atoms with Crippen LogP contribution in [0.2, 0.25) is 0 Å². The van der Waals surface area contributed by atoms with Crippen LogP contribution in [-0.2, 0) is 13.1 Å². The van der Waals surface area contributed by atoms with Crippen LogP contribution in [0.15, 0.2) is 34.8 Å². The Hall–Kier alpha value is -2.34. The number of carbonyl (C=O) groups is 1. The zero-order valence-corrected chi connectivity index (χ0v) is 15.6. The van der Waals surface area contributed by atoms with Gasteiger partial charge in [0, 0.05) is 34.7 Å². The van der Waals surface area contributed by atoms with Crippen molar-refractivity contribution in [2.45, 2.75) is 32.9 Å². The summed E-state index contributed by atoms with van der Waals surface area (Å²) in [7, 11) is 0. The third kappa shape index (κ3) is 2.70. The van der Waals surface area contributed by atoms with Crippen molar-refractivity contribution in [3.8, 4) is 5.75 Å². The second-order valence-electron chi connectivity index (χ2n) is 6.75. The number of amides is 1. The normalized spacial score (nSPS) is 13.7. The SMILES string of the molecule is CC(C)c1[nH]nc2cc(O)c(C(=O)N3Cc4ccc(Br)cc4C3)cc12. The minimum atomic E-state index is -0.164. The van der Waals surface area contributed by atoms with Gasteiger partial charge in [-0.15, -0.1) is 0 Å². The van der Waals surface area contributed by atoms with Gasteiger partial charge in [0.2, 0.25) is 0 Å². The molecule has 5 nitrogen and oxygen atoms in total. The summed E-state index contributed by atoms with van der Waals surface area (Å²) in [5, 5.41) is 18.5. The van der Waals surface area contributed by atoms with Crippen molar-refractivity contribution in [3.05, 3.63) is 57.2 Å². The van der Waals surface area contributed by atoms with Crippen LogP contribution in [-0.4, -0.2) is 26.1 Å². The Kier molecular flexibility index (Phi) is 3.80. The Morgan fingerprint density at radius 2 is 2.00 bits per heavy atom. The van der Waals surface area contributed by atoms with Gasteiger partial charge < -0.3 is 10.0 Å². The van der Waals surface area contributed by atoms with E-state index in [9.17, 15) is 9.90 Å². The summed E-state index contributed by atoms with van der Waals surface area (Å²) in [6, 6.07) is 9.37. The molecule has 0 saturated heterocycles. The van der Waals surface area contributed by atoms with E-state index in [1.807, 2.05) is 18.2 Å². The number of carbonyl (C=O) groups excluding carboxylic acids is 1. The second kappa shape index (κ2) is 5.88. The standard InChI is InChI=1S/C19H18BrN3O2/c1-10(2)18-14-6-15(17(24)7-16(14)21-22-18)19(25)23-8-11-3-4-13(20)5-12(11)9-23/h3-7,10,24H,8-9H2,1-2H3,(H,21,22). The number of aromatic hydroxyl groups is 1. The van der Waals surface area contributed by atoms with Crippen molar-refractivity contribution in [2.24, 2.45) is 0 Å². The third-order valence-corrected chi connectivity index (χ3v) is 5.18. The largest absolute Gasteiger partial charge is 0.507 e. The van der Waals surface area contributed by atoms with Crippen LogP contribution >= 0.6 is 15.9 Å². The number of benzene rings is 2. The van der Waals surface area contributed by atoms with Crippen molar-refractivity contribution in [1.82, 2.24) is 15.1 Å². The molecule has 0 bridgehead atoms. The number of rotatable bonds is 2. The molecular formula is C19H18BrN3O2. The van der Waals surface area contributed by atoms with E-state index in [4.69, 9.17) is 0 Å². The number of halogens is 1. The fourth-order valence-corrected chi connectivity index (χ4v) is 3.76. The highest BCUT2D eigenvalue weighted by Gasteiger charge is 2.27. The Balaban J connectivity index is 1.71. The van der Waals surface area contributed by atoms with Gasteiger partial charge in [0.15, 0.2) is 0 Å². The molecule has 128 valence electrons. The summed E-state index contributed by atoms with van der Waals surface area (Å²) in [6.07, 6.45) is 0. The summed E-state index contributed by atoms with van der Waals surface area (Å²) in [5.74, 6) is 0.0601. The van der Waals surface area contributed by atoms with Gasteiger partial charge in [0.25, 0.3) is 5.91 Å². The van der Waals surface area contributed by atoms with Crippen LogP contribution in [0.5, 0.6) is 5.75 Å². The van der Waals surface area contributed by atoms with E-state index < -0.39 is 0 Å². The van der Waals surface area contributed by atoms with E-state index >= 15 is 0 Å². The lowest BCUT2D eigenvalue weighted by Crippen LogP contribution is -2.25. The molecular weight excluding hydrogens is 382 g/mol. The number of fused-ring (bicyclic) bond motifs is 2. The monoisotopic (exact) mass is 399 g/mol. The number of phenolic OH excluding ortho intramolecular Hbond substituents is 1. The molecule has 4 rings (SSSR count). The highest BCUT2D eigenvalue weighted by atomic mass is 79.9. The first-order chi connectivity index (χ1) is 11.9. The summed E-state index contributed by atoms with van der Waals surface area (Å²) in [5.41, 5.74) is 4.24. The minimum Gasteiger partial charge on any atom is -0.507 e. The maximum Gasteiger partial charge on any atom is 0.258 e. The molecule has 25 heavy (non-hydrogen) atoms. The Morgan fingerprint density at radius 3 is 2.76 bits per heavy atom. The predicted molar refractivity (Wildman–Crippen MR) is 99.6 cm³/mol. The molecule has 0 spiro atoms. The van der Waals surface area contributed by atoms with E-state index in [1.54, 1.807) is 17.0 Å². The number of hydrogen-bond acceptors (Lipinski definition) is 3. The van der Waals surface area contributed by atoms with Crippen LogP contribution in [0.25, 0.3) is 10.9 Å². The number of hydrogen-bond donors (Lipinski definition) is 2. The van der Waals surface area contributed by atoms with Crippen LogP contribution < -0.4 is 0 Å². The average molecular weight is 400 g/mol. The van der Waals surface area contributed by atoms with E-state index in [-0.39, 0.29) is 17.6 Å². The molecule has 3 aromatic rings. The van der Waals surface area contributed by atoms with Gasteiger partial charge in [-0.2, -0.15) is 5.10 Å². The first-order valence-electron chi connectivity index (χ1n) is 8.21. The maximum absolute atomic E-state index is 13.0.